The number of hydrogen-bond donors (Lipinski definition) is 0. The highest BCUT2D eigenvalue weighted by Gasteiger charge is 2.27. The fourth-order valence-electron chi connectivity index (χ4n) is 1.23. The second-order valence-corrected chi connectivity index (χ2v) is 4.81. The predicted molar refractivity (Wildman–Crippen MR) is 59.3 cm³/mol. The van der Waals surface area contributed by atoms with Crippen molar-refractivity contribution in [3.8, 4) is 0 Å². The van der Waals surface area contributed by atoms with Crippen molar-refractivity contribution in [1.29, 1.82) is 0 Å². The van der Waals surface area contributed by atoms with Crippen molar-refractivity contribution in [2.75, 3.05) is 0 Å². The Morgan fingerprint density at radius 2 is 2.36 bits per heavy atom. The zero-order valence-corrected chi connectivity index (χ0v) is 10.2. The summed E-state index contributed by atoms with van der Waals surface area (Å²) in [6.45, 7) is 4.37. The zero-order valence-electron chi connectivity index (χ0n) is 8.03. The summed E-state index contributed by atoms with van der Waals surface area (Å²) in [4.78, 5) is 0. The Morgan fingerprint density at radius 1 is 1.57 bits per heavy atom. The van der Waals surface area contributed by atoms with E-state index in [9.17, 15) is 0 Å². The third-order valence-corrected chi connectivity index (χ3v) is 2.33. The molecule has 0 N–H and O–H groups in total. The van der Waals surface area contributed by atoms with E-state index in [2.05, 4.69) is 27.7 Å². The van der Waals surface area contributed by atoms with Crippen molar-refractivity contribution in [1.82, 2.24) is 9.78 Å². The lowest BCUT2D eigenvalue weighted by Gasteiger charge is -2.18. The Hall–Kier alpha value is -0.720. The molecule has 1 aromatic rings. The van der Waals surface area contributed by atoms with Crippen LogP contribution in [0.5, 0.6) is 0 Å². The first kappa shape index (κ1) is 9.82. The van der Waals surface area contributed by atoms with Crippen molar-refractivity contribution in [2.24, 2.45) is 0 Å². The molecule has 0 aliphatic carbocycles. The van der Waals surface area contributed by atoms with Crippen LogP contribution in [0.2, 0.25) is 0 Å². The molecule has 0 bridgehead atoms. The summed E-state index contributed by atoms with van der Waals surface area (Å²) in [7, 11) is 0. The molecule has 5 heteroatoms. The first-order valence-electron chi connectivity index (χ1n) is 4.29. The minimum Gasteiger partial charge on any atom is -0.457 e. The molecule has 1 aliphatic rings. The Labute approximate surface area is 96.0 Å². The molecule has 0 radical (unpaired) electrons. The van der Waals surface area contributed by atoms with Crippen molar-refractivity contribution in [2.45, 2.75) is 26.2 Å². The molecule has 0 saturated heterocycles. The molecule has 1 aliphatic heterocycles. The smallest absolute Gasteiger partial charge is 0.244 e. The highest BCUT2D eigenvalue weighted by molar-refractivity contribution is 14.1. The van der Waals surface area contributed by atoms with E-state index in [1.807, 2.05) is 30.9 Å². The van der Waals surface area contributed by atoms with Gasteiger partial charge in [-0.15, -0.1) is 0 Å². The molecule has 0 fully saturated rings. The molecule has 2 heterocycles. The van der Waals surface area contributed by atoms with Crippen molar-refractivity contribution in [3.05, 3.63) is 28.0 Å². The van der Waals surface area contributed by atoms with E-state index in [1.165, 1.54) is 0 Å². The Morgan fingerprint density at radius 3 is 2.86 bits per heavy atom. The van der Waals surface area contributed by atoms with E-state index >= 15 is 0 Å². The van der Waals surface area contributed by atoms with E-state index in [4.69, 9.17) is 9.47 Å². The number of allylic oxidation sites excluding steroid dienone is 1. The summed E-state index contributed by atoms with van der Waals surface area (Å²) in [5.74, 6) is 0.268. The summed E-state index contributed by atoms with van der Waals surface area (Å²) < 4.78 is 13.8. The summed E-state index contributed by atoms with van der Waals surface area (Å²) in [5, 5.41) is 4.16. The lowest BCUT2D eigenvalue weighted by Crippen LogP contribution is -2.21. The van der Waals surface area contributed by atoms with Gasteiger partial charge in [-0.05, 0) is 22.6 Å². The van der Waals surface area contributed by atoms with Gasteiger partial charge in [0.05, 0.1) is 9.77 Å². The van der Waals surface area contributed by atoms with Gasteiger partial charge in [-0.25, -0.2) is 0 Å². The Balaban J connectivity index is 2.00. The lowest BCUT2D eigenvalue weighted by atomic mass is 10.4. The molecule has 0 amide bonds. The maximum absolute atomic E-state index is 5.54. The Kier molecular flexibility index (Phi) is 2.42. The average Bonchev–Trinajstić information content (AvgIpc) is 2.59. The number of aromatic nitrogens is 2. The molecular weight excluding hydrogens is 295 g/mol. The van der Waals surface area contributed by atoms with Gasteiger partial charge in [0.15, 0.2) is 5.76 Å². The molecule has 14 heavy (non-hydrogen) atoms. The summed E-state index contributed by atoms with van der Waals surface area (Å²) in [5.41, 5.74) is 0. The van der Waals surface area contributed by atoms with Crippen LogP contribution in [0.4, 0.5) is 0 Å². The van der Waals surface area contributed by atoms with Gasteiger partial charge in [-0.2, -0.15) is 5.10 Å². The molecule has 0 saturated carbocycles. The number of hydrogen-bond acceptors (Lipinski definition) is 3. The fraction of sp³-hybridized carbons (Fsp3) is 0.444. The van der Waals surface area contributed by atoms with Crippen LogP contribution in [0.25, 0.3) is 0 Å². The largest absolute Gasteiger partial charge is 0.457 e. The topological polar surface area (TPSA) is 36.3 Å². The molecule has 0 aromatic carbocycles. The average molecular weight is 306 g/mol. The van der Waals surface area contributed by atoms with Gasteiger partial charge in [0.2, 0.25) is 5.79 Å². The molecule has 0 unspecified atom stereocenters. The highest BCUT2D eigenvalue weighted by atomic mass is 127. The van der Waals surface area contributed by atoms with E-state index in [0.29, 0.717) is 6.54 Å². The maximum Gasteiger partial charge on any atom is 0.244 e. The van der Waals surface area contributed by atoms with Gasteiger partial charge < -0.3 is 9.47 Å². The second-order valence-electron chi connectivity index (χ2n) is 3.56. The third kappa shape index (κ3) is 2.20. The van der Waals surface area contributed by atoms with Crippen molar-refractivity contribution in [3.63, 3.8) is 0 Å². The summed E-state index contributed by atoms with van der Waals surface area (Å²) in [6.07, 6.45) is 5.41. The van der Waals surface area contributed by atoms with Crippen LogP contribution >= 0.6 is 22.6 Å². The monoisotopic (exact) mass is 306 g/mol. The summed E-state index contributed by atoms with van der Waals surface area (Å²) in [6, 6.07) is 0. The predicted octanol–water partition coefficient (Wildman–Crippen LogP) is 2.11. The number of halogens is 1. The Bertz CT molecular complexity index is 371. The van der Waals surface area contributed by atoms with Crippen LogP contribution < -0.4 is 0 Å². The molecule has 76 valence electrons. The maximum atomic E-state index is 5.54. The van der Waals surface area contributed by atoms with E-state index < -0.39 is 5.79 Å². The number of rotatable bonds is 2. The SMILES string of the molecule is CC1(C)OC=C(Cn2cc(I)cn2)O1. The normalized spacial score (nSPS) is 18.6. The molecule has 0 spiro atoms. The van der Waals surface area contributed by atoms with Crippen molar-refractivity contribution < 1.29 is 9.47 Å². The number of ether oxygens (including phenoxy) is 2. The highest BCUT2D eigenvalue weighted by Crippen LogP contribution is 2.24. The summed E-state index contributed by atoms with van der Waals surface area (Å²) >= 11 is 2.22. The van der Waals surface area contributed by atoms with Gasteiger partial charge in [0, 0.05) is 20.0 Å². The van der Waals surface area contributed by atoms with Gasteiger partial charge in [0.1, 0.15) is 12.8 Å². The van der Waals surface area contributed by atoms with Crippen LogP contribution in [-0.4, -0.2) is 15.6 Å². The van der Waals surface area contributed by atoms with Crippen LogP contribution in [-0.2, 0) is 16.0 Å². The van der Waals surface area contributed by atoms with Crippen LogP contribution in [0.1, 0.15) is 13.8 Å². The quantitative estimate of drug-likeness (QED) is 0.785. The van der Waals surface area contributed by atoms with Crippen molar-refractivity contribution >= 4 is 22.6 Å². The van der Waals surface area contributed by atoms with Gasteiger partial charge >= 0.3 is 0 Å². The van der Waals surface area contributed by atoms with E-state index in [0.717, 1.165) is 9.33 Å². The van der Waals surface area contributed by atoms with Gasteiger partial charge in [0.25, 0.3) is 0 Å². The van der Waals surface area contributed by atoms with Crippen LogP contribution in [0, 0.1) is 3.57 Å². The minimum absolute atomic E-state index is 0.532. The minimum atomic E-state index is -0.532. The first-order chi connectivity index (χ1) is 6.55. The standard InChI is InChI=1S/C9H11IN2O2/c1-9(2)13-6-8(14-9)5-12-4-7(10)3-11-12/h3-4,6H,5H2,1-2H3. The third-order valence-electron chi connectivity index (χ3n) is 1.77. The molecule has 0 atom stereocenters. The zero-order chi connectivity index (χ0) is 10.2. The van der Waals surface area contributed by atoms with Gasteiger partial charge in [-0.3, -0.25) is 4.68 Å². The first-order valence-corrected chi connectivity index (χ1v) is 5.37. The van der Waals surface area contributed by atoms with E-state index in [1.54, 1.807) is 6.26 Å². The molecule has 1 aromatic heterocycles. The van der Waals surface area contributed by atoms with Gasteiger partial charge in [-0.1, -0.05) is 0 Å². The molecular formula is C9H11IN2O2. The second kappa shape index (κ2) is 3.45. The van der Waals surface area contributed by atoms with Crippen LogP contribution in [0.15, 0.2) is 24.4 Å². The fourth-order valence-corrected chi connectivity index (χ4v) is 1.67. The lowest BCUT2D eigenvalue weighted by molar-refractivity contribution is -0.118. The number of nitrogens with zero attached hydrogens (tertiary/aromatic N) is 2. The molecule has 4 nitrogen and oxygen atoms in total. The van der Waals surface area contributed by atoms with Crippen LogP contribution in [0.3, 0.4) is 0 Å². The molecule has 2 rings (SSSR count). The van der Waals surface area contributed by atoms with E-state index in [-0.39, 0.29) is 0 Å².